The first-order valence-corrected chi connectivity index (χ1v) is 6.04. The van der Waals surface area contributed by atoms with Gasteiger partial charge in [0.25, 0.3) is 0 Å². The van der Waals surface area contributed by atoms with Crippen molar-refractivity contribution in [2.24, 2.45) is 0 Å². The van der Waals surface area contributed by atoms with E-state index >= 15 is 0 Å². The normalized spacial score (nSPS) is 12.9. The van der Waals surface area contributed by atoms with Crippen LogP contribution in [0.2, 0.25) is 0 Å². The summed E-state index contributed by atoms with van der Waals surface area (Å²) >= 11 is 3.58. The van der Waals surface area contributed by atoms with Crippen molar-refractivity contribution < 1.29 is 4.74 Å². The van der Waals surface area contributed by atoms with Crippen LogP contribution in [0.5, 0.6) is 0 Å². The van der Waals surface area contributed by atoms with E-state index in [2.05, 4.69) is 32.0 Å². The molecule has 0 aliphatic heterocycles. The van der Waals surface area contributed by atoms with E-state index in [1.807, 2.05) is 18.2 Å². The first-order valence-electron chi connectivity index (χ1n) is 5.13. The molecule has 0 amide bonds. The number of aromatic nitrogens is 2. The zero-order valence-corrected chi connectivity index (χ0v) is 10.6. The van der Waals surface area contributed by atoms with Crippen molar-refractivity contribution in [1.29, 1.82) is 0 Å². The molecule has 0 aliphatic rings. The summed E-state index contributed by atoms with van der Waals surface area (Å²) in [6.45, 7) is 0.679. The molecule has 0 saturated carbocycles. The fraction of sp³-hybridized carbons (Fsp3) is 0.333. The second-order valence-electron chi connectivity index (χ2n) is 3.59. The monoisotopic (exact) mass is 280 g/mol. The lowest BCUT2D eigenvalue weighted by Crippen LogP contribution is -2.11. The third-order valence-corrected chi connectivity index (χ3v) is 2.98. The fourth-order valence-electron chi connectivity index (χ4n) is 1.67. The van der Waals surface area contributed by atoms with Crippen LogP contribution in [0.25, 0.3) is 10.9 Å². The highest BCUT2D eigenvalue weighted by Gasteiger charge is 2.09. The molecule has 0 spiro atoms. The van der Waals surface area contributed by atoms with Gasteiger partial charge in [0, 0.05) is 23.7 Å². The number of rotatable bonds is 4. The topological polar surface area (TPSA) is 35.0 Å². The van der Waals surface area contributed by atoms with Gasteiger partial charge in [0.1, 0.15) is 6.33 Å². The molecule has 16 heavy (non-hydrogen) atoms. The van der Waals surface area contributed by atoms with Gasteiger partial charge in [-0.3, -0.25) is 0 Å². The van der Waals surface area contributed by atoms with Crippen molar-refractivity contribution >= 4 is 26.8 Å². The van der Waals surface area contributed by atoms with E-state index in [1.54, 1.807) is 13.4 Å². The molecular weight excluding hydrogens is 268 g/mol. The number of methoxy groups -OCH3 is 1. The number of ether oxygens (including phenoxy) is 1. The largest absolute Gasteiger partial charge is 0.384 e. The summed E-state index contributed by atoms with van der Waals surface area (Å²) in [4.78, 5) is 8.86. The smallest absolute Gasteiger partial charge is 0.116 e. The third-order valence-electron chi connectivity index (χ3n) is 2.39. The summed E-state index contributed by atoms with van der Waals surface area (Å²) in [5.74, 6) is 0. The quantitative estimate of drug-likeness (QED) is 0.808. The molecule has 84 valence electrons. The van der Waals surface area contributed by atoms with E-state index in [0.29, 0.717) is 6.61 Å². The van der Waals surface area contributed by atoms with Crippen molar-refractivity contribution in [1.82, 2.24) is 9.97 Å². The summed E-state index contributed by atoms with van der Waals surface area (Å²) in [5, 5.41) is 1.12. The van der Waals surface area contributed by atoms with Crippen LogP contribution in [0.15, 0.2) is 30.6 Å². The molecule has 1 aromatic carbocycles. The molecular formula is C12H13BrN2O. The lowest BCUT2D eigenvalue weighted by molar-refractivity contribution is 0.200. The Labute approximate surface area is 103 Å². The van der Waals surface area contributed by atoms with Crippen molar-refractivity contribution in [2.75, 3.05) is 13.7 Å². The zero-order chi connectivity index (χ0) is 11.4. The predicted octanol–water partition coefficient (Wildman–Crippen LogP) is 2.58. The van der Waals surface area contributed by atoms with E-state index < -0.39 is 0 Å². The van der Waals surface area contributed by atoms with Gasteiger partial charge >= 0.3 is 0 Å². The van der Waals surface area contributed by atoms with Crippen LogP contribution in [-0.2, 0) is 11.2 Å². The van der Waals surface area contributed by atoms with E-state index in [1.165, 1.54) is 0 Å². The van der Waals surface area contributed by atoms with Gasteiger partial charge in [-0.15, -0.1) is 0 Å². The summed E-state index contributed by atoms with van der Waals surface area (Å²) in [6, 6.07) is 8.05. The Morgan fingerprint density at radius 3 is 2.94 bits per heavy atom. The number of alkyl halides is 1. The SMILES string of the molecule is COCC(Br)Cc1ncnc2ccccc12. The molecule has 0 saturated heterocycles. The van der Waals surface area contributed by atoms with Crippen LogP contribution in [0.1, 0.15) is 5.69 Å². The van der Waals surface area contributed by atoms with Crippen molar-refractivity contribution in [3.05, 3.63) is 36.3 Å². The summed E-state index contributed by atoms with van der Waals surface area (Å²) < 4.78 is 5.10. The minimum absolute atomic E-state index is 0.288. The van der Waals surface area contributed by atoms with Crippen LogP contribution >= 0.6 is 15.9 Å². The number of halogens is 1. The number of hydrogen-bond acceptors (Lipinski definition) is 3. The van der Waals surface area contributed by atoms with Gasteiger partial charge in [-0.25, -0.2) is 9.97 Å². The third kappa shape index (κ3) is 2.57. The number of para-hydroxylation sites is 1. The Balaban J connectivity index is 2.30. The molecule has 1 unspecified atom stereocenters. The van der Waals surface area contributed by atoms with Gasteiger partial charge in [0.05, 0.1) is 17.8 Å². The van der Waals surface area contributed by atoms with Crippen LogP contribution in [0.3, 0.4) is 0 Å². The van der Waals surface area contributed by atoms with Gasteiger partial charge < -0.3 is 4.74 Å². The molecule has 0 aliphatic carbocycles. The first-order chi connectivity index (χ1) is 7.81. The lowest BCUT2D eigenvalue weighted by atomic mass is 10.1. The lowest BCUT2D eigenvalue weighted by Gasteiger charge is -2.09. The predicted molar refractivity (Wildman–Crippen MR) is 67.8 cm³/mol. The van der Waals surface area contributed by atoms with Gasteiger partial charge in [-0.05, 0) is 6.07 Å². The maximum Gasteiger partial charge on any atom is 0.116 e. The van der Waals surface area contributed by atoms with E-state index in [9.17, 15) is 0 Å². The zero-order valence-electron chi connectivity index (χ0n) is 9.06. The molecule has 0 bridgehead atoms. The highest BCUT2D eigenvalue weighted by Crippen LogP contribution is 2.17. The molecule has 2 aromatic rings. The van der Waals surface area contributed by atoms with Crippen LogP contribution < -0.4 is 0 Å². The number of benzene rings is 1. The molecule has 1 heterocycles. The van der Waals surface area contributed by atoms with E-state index in [-0.39, 0.29) is 4.83 Å². The van der Waals surface area contributed by atoms with Crippen LogP contribution in [0, 0.1) is 0 Å². The Bertz CT molecular complexity index is 470. The summed E-state index contributed by atoms with van der Waals surface area (Å²) in [5.41, 5.74) is 2.05. The standard InChI is InChI=1S/C12H13BrN2O/c1-16-7-9(13)6-12-10-4-2-3-5-11(10)14-8-15-12/h2-5,8-9H,6-7H2,1H3. The van der Waals surface area contributed by atoms with Gasteiger partial charge in [-0.2, -0.15) is 0 Å². The van der Waals surface area contributed by atoms with E-state index in [4.69, 9.17) is 4.74 Å². The Hall–Kier alpha value is -1.00. The van der Waals surface area contributed by atoms with Gasteiger partial charge in [0.2, 0.25) is 0 Å². The number of hydrogen-bond donors (Lipinski definition) is 0. The number of nitrogens with zero attached hydrogens (tertiary/aromatic N) is 2. The molecule has 1 aromatic heterocycles. The summed E-state index contributed by atoms with van der Waals surface area (Å²) in [6.07, 6.45) is 2.46. The molecule has 0 fully saturated rings. The Morgan fingerprint density at radius 1 is 1.31 bits per heavy atom. The Kier molecular flexibility index (Phi) is 3.85. The van der Waals surface area contributed by atoms with Crippen molar-refractivity contribution in [3.63, 3.8) is 0 Å². The van der Waals surface area contributed by atoms with E-state index in [0.717, 1.165) is 23.0 Å². The highest BCUT2D eigenvalue weighted by molar-refractivity contribution is 9.09. The van der Waals surface area contributed by atoms with Gasteiger partial charge in [-0.1, -0.05) is 34.1 Å². The maximum absolute atomic E-state index is 5.10. The van der Waals surface area contributed by atoms with Crippen LogP contribution in [-0.4, -0.2) is 28.5 Å². The first kappa shape index (κ1) is 11.5. The molecule has 1 atom stereocenters. The second-order valence-corrected chi connectivity index (χ2v) is 4.89. The number of fused-ring (bicyclic) bond motifs is 1. The Morgan fingerprint density at radius 2 is 2.12 bits per heavy atom. The molecule has 2 rings (SSSR count). The van der Waals surface area contributed by atoms with Gasteiger partial charge in [0.15, 0.2) is 0 Å². The molecule has 3 nitrogen and oxygen atoms in total. The minimum Gasteiger partial charge on any atom is -0.384 e. The van der Waals surface area contributed by atoms with Crippen molar-refractivity contribution in [2.45, 2.75) is 11.2 Å². The molecule has 0 N–H and O–H groups in total. The average Bonchev–Trinajstić information content (AvgIpc) is 2.30. The molecule has 4 heteroatoms. The average molecular weight is 281 g/mol. The second kappa shape index (κ2) is 5.37. The van der Waals surface area contributed by atoms with Crippen molar-refractivity contribution in [3.8, 4) is 0 Å². The summed E-state index contributed by atoms with van der Waals surface area (Å²) in [7, 11) is 1.70. The maximum atomic E-state index is 5.10. The fourth-order valence-corrected chi connectivity index (χ4v) is 2.24. The van der Waals surface area contributed by atoms with Crippen LogP contribution in [0.4, 0.5) is 0 Å². The highest BCUT2D eigenvalue weighted by atomic mass is 79.9. The minimum atomic E-state index is 0.288. The molecule has 0 radical (unpaired) electrons.